The van der Waals surface area contributed by atoms with E-state index in [9.17, 15) is 0 Å². The van der Waals surface area contributed by atoms with E-state index in [2.05, 4.69) is 30.5 Å². The van der Waals surface area contributed by atoms with Gasteiger partial charge >= 0.3 is 0 Å². The number of nitrogens with zero attached hydrogens (tertiary/aromatic N) is 2. The van der Waals surface area contributed by atoms with Crippen LogP contribution in [0.15, 0.2) is 12.4 Å². The summed E-state index contributed by atoms with van der Waals surface area (Å²) < 4.78 is 1.91. The number of nitrogens with one attached hydrogen (secondary N) is 1. The number of hydrogen-bond donors (Lipinski definition) is 1. The molecule has 0 amide bonds. The quantitative estimate of drug-likeness (QED) is 0.853. The fourth-order valence-electron chi connectivity index (χ4n) is 3.40. The standard InChI is InChI=1S/C16H29N3/c1-4-10-17-15(11-14-12-18-19(3)13-14)16(2)8-6-5-7-9-16/h12-13,15,17H,4-11H2,1-3H3. The molecule has 108 valence electrons. The van der Waals surface area contributed by atoms with Crippen LogP contribution in [0, 0.1) is 5.41 Å². The van der Waals surface area contributed by atoms with E-state index in [-0.39, 0.29) is 0 Å². The van der Waals surface area contributed by atoms with Crippen LogP contribution >= 0.6 is 0 Å². The van der Waals surface area contributed by atoms with Gasteiger partial charge in [-0.15, -0.1) is 0 Å². The second kappa shape index (κ2) is 6.56. The molecule has 1 aliphatic rings. The summed E-state index contributed by atoms with van der Waals surface area (Å²) in [4.78, 5) is 0. The molecular formula is C16H29N3. The Hall–Kier alpha value is -0.830. The molecule has 0 aromatic carbocycles. The number of rotatable bonds is 6. The first-order valence-electron chi connectivity index (χ1n) is 7.85. The first-order chi connectivity index (χ1) is 9.14. The SMILES string of the molecule is CCCNC(Cc1cnn(C)c1)C1(C)CCCCC1. The van der Waals surface area contributed by atoms with Crippen LogP contribution in [-0.2, 0) is 13.5 Å². The maximum atomic E-state index is 4.31. The fourth-order valence-corrected chi connectivity index (χ4v) is 3.40. The third kappa shape index (κ3) is 3.82. The zero-order valence-corrected chi connectivity index (χ0v) is 12.8. The van der Waals surface area contributed by atoms with E-state index in [1.165, 1.54) is 44.1 Å². The van der Waals surface area contributed by atoms with Crippen LogP contribution in [0.25, 0.3) is 0 Å². The highest BCUT2D eigenvalue weighted by atomic mass is 15.2. The van der Waals surface area contributed by atoms with Crippen molar-refractivity contribution in [1.29, 1.82) is 0 Å². The van der Waals surface area contributed by atoms with Gasteiger partial charge in [0, 0.05) is 19.3 Å². The molecule has 1 atom stereocenters. The third-order valence-electron chi connectivity index (χ3n) is 4.68. The Kier molecular flexibility index (Phi) is 5.03. The molecule has 0 radical (unpaired) electrons. The van der Waals surface area contributed by atoms with Crippen LogP contribution in [0.2, 0.25) is 0 Å². The molecule has 2 rings (SSSR count). The molecular weight excluding hydrogens is 234 g/mol. The Morgan fingerprint density at radius 1 is 1.37 bits per heavy atom. The summed E-state index contributed by atoms with van der Waals surface area (Å²) in [6.07, 6.45) is 13.5. The molecule has 0 bridgehead atoms. The van der Waals surface area contributed by atoms with Crippen LogP contribution < -0.4 is 5.32 Å². The summed E-state index contributed by atoms with van der Waals surface area (Å²) in [6, 6.07) is 0.594. The molecule has 0 saturated heterocycles. The molecule has 0 aliphatic heterocycles. The highest BCUT2D eigenvalue weighted by molar-refractivity contribution is 5.08. The van der Waals surface area contributed by atoms with Gasteiger partial charge in [-0.3, -0.25) is 4.68 Å². The predicted molar refractivity (Wildman–Crippen MR) is 80.2 cm³/mol. The van der Waals surface area contributed by atoms with E-state index in [1.807, 2.05) is 17.9 Å². The second-order valence-corrected chi connectivity index (χ2v) is 6.45. The normalized spacial score (nSPS) is 20.4. The van der Waals surface area contributed by atoms with E-state index in [0.29, 0.717) is 11.5 Å². The predicted octanol–water partition coefficient (Wildman–Crippen LogP) is 3.30. The maximum Gasteiger partial charge on any atom is 0.0522 e. The summed E-state index contributed by atoms with van der Waals surface area (Å²) >= 11 is 0. The minimum absolute atomic E-state index is 0.462. The van der Waals surface area contributed by atoms with Crippen molar-refractivity contribution in [3.63, 3.8) is 0 Å². The summed E-state index contributed by atoms with van der Waals surface area (Å²) in [7, 11) is 2.00. The summed E-state index contributed by atoms with van der Waals surface area (Å²) in [5.74, 6) is 0. The van der Waals surface area contributed by atoms with E-state index in [1.54, 1.807) is 0 Å². The van der Waals surface area contributed by atoms with Crippen molar-refractivity contribution in [2.45, 2.75) is 64.8 Å². The largest absolute Gasteiger partial charge is 0.313 e. The van der Waals surface area contributed by atoms with E-state index in [0.717, 1.165) is 13.0 Å². The molecule has 1 aromatic heterocycles. The summed E-state index contributed by atoms with van der Waals surface area (Å²) in [5, 5.41) is 8.11. The zero-order valence-electron chi connectivity index (χ0n) is 12.8. The lowest BCUT2D eigenvalue weighted by Gasteiger charge is -2.41. The molecule has 1 heterocycles. The van der Waals surface area contributed by atoms with Crippen LogP contribution in [0.4, 0.5) is 0 Å². The van der Waals surface area contributed by atoms with Gasteiger partial charge < -0.3 is 5.32 Å². The molecule has 19 heavy (non-hydrogen) atoms. The molecule has 1 unspecified atom stereocenters. The highest BCUT2D eigenvalue weighted by Crippen LogP contribution is 2.39. The second-order valence-electron chi connectivity index (χ2n) is 6.45. The molecule has 0 spiro atoms. The fraction of sp³-hybridized carbons (Fsp3) is 0.812. The van der Waals surface area contributed by atoms with Gasteiger partial charge in [-0.2, -0.15) is 5.10 Å². The van der Waals surface area contributed by atoms with Gasteiger partial charge in [0.05, 0.1) is 6.20 Å². The minimum atomic E-state index is 0.462. The van der Waals surface area contributed by atoms with Crippen molar-refractivity contribution < 1.29 is 0 Å². The van der Waals surface area contributed by atoms with E-state index < -0.39 is 0 Å². The average molecular weight is 263 g/mol. The van der Waals surface area contributed by atoms with Gasteiger partial charge in [-0.25, -0.2) is 0 Å². The molecule has 3 heteroatoms. The Morgan fingerprint density at radius 3 is 2.68 bits per heavy atom. The molecule has 1 aliphatic carbocycles. The highest BCUT2D eigenvalue weighted by Gasteiger charge is 2.35. The Morgan fingerprint density at radius 2 is 2.11 bits per heavy atom. The average Bonchev–Trinajstić information content (AvgIpc) is 2.81. The van der Waals surface area contributed by atoms with Gasteiger partial charge in [0.1, 0.15) is 0 Å². The Labute approximate surface area is 117 Å². The maximum absolute atomic E-state index is 4.31. The van der Waals surface area contributed by atoms with Gasteiger partial charge in [-0.1, -0.05) is 33.1 Å². The van der Waals surface area contributed by atoms with Crippen molar-refractivity contribution in [1.82, 2.24) is 15.1 Å². The van der Waals surface area contributed by atoms with Crippen molar-refractivity contribution in [2.24, 2.45) is 12.5 Å². The number of aromatic nitrogens is 2. The molecule has 1 aromatic rings. The van der Waals surface area contributed by atoms with Gasteiger partial charge in [0.15, 0.2) is 0 Å². The Balaban J connectivity index is 2.05. The van der Waals surface area contributed by atoms with Gasteiger partial charge in [-0.05, 0) is 43.2 Å². The lowest BCUT2D eigenvalue weighted by molar-refractivity contribution is 0.143. The summed E-state index contributed by atoms with van der Waals surface area (Å²) in [6.45, 7) is 5.85. The smallest absolute Gasteiger partial charge is 0.0522 e. The zero-order chi connectivity index (χ0) is 13.7. The molecule has 1 fully saturated rings. The van der Waals surface area contributed by atoms with Crippen molar-refractivity contribution in [3.8, 4) is 0 Å². The summed E-state index contributed by atoms with van der Waals surface area (Å²) in [5.41, 5.74) is 1.83. The molecule has 1 saturated carbocycles. The minimum Gasteiger partial charge on any atom is -0.313 e. The monoisotopic (exact) mass is 263 g/mol. The number of aryl methyl sites for hydroxylation is 1. The Bertz CT molecular complexity index is 377. The third-order valence-corrected chi connectivity index (χ3v) is 4.68. The van der Waals surface area contributed by atoms with E-state index in [4.69, 9.17) is 0 Å². The van der Waals surface area contributed by atoms with Crippen LogP contribution in [0.1, 0.15) is 57.9 Å². The topological polar surface area (TPSA) is 29.9 Å². The van der Waals surface area contributed by atoms with Crippen molar-refractivity contribution >= 4 is 0 Å². The van der Waals surface area contributed by atoms with Crippen molar-refractivity contribution in [2.75, 3.05) is 6.54 Å². The van der Waals surface area contributed by atoms with Crippen LogP contribution in [-0.4, -0.2) is 22.4 Å². The van der Waals surface area contributed by atoms with Crippen LogP contribution in [0.5, 0.6) is 0 Å². The molecule has 1 N–H and O–H groups in total. The number of hydrogen-bond acceptors (Lipinski definition) is 2. The first-order valence-corrected chi connectivity index (χ1v) is 7.85. The van der Waals surface area contributed by atoms with Crippen molar-refractivity contribution in [3.05, 3.63) is 18.0 Å². The van der Waals surface area contributed by atoms with E-state index >= 15 is 0 Å². The first kappa shape index (κ1) is 14.6. The van der Waals surface area contributed by atoms with Gasteiger partial charge in [0.2, 0.25) is 0 Å². The lowest BCUT2D eigenvalue weighted by Crippen LogP contribution is -2.46. The van der Waals surface area contributed by atoms with Crippen LogP contribution in [0.3, 0.4) is 0 Å². The lowest BCUT2D eigenvalue weighted by atomic mass is 9.69. The molecule has 3 nitrogen and oxygen atoms in total. The van der Waals surface area contributed by atoms with Gasteiger partial charge in [0.25, 0.3) is 0 Å².